The molecule has 5 nitrogen and oxygen atoms in total. The molecule has 0 saturated heterocycles. The number of hydrogen-bond acceptors (Lipinski definition) is 5. The van der Waals surface area contributed by atoms with E-state index in [9.17, 15) is 10.2 Å². The van der Waals surface area contributed by atoms with Crippen molar-refractivity contribution < 1.29 is 24.4 Å². The summed E-state index contributed by atoms with van der Waals surface area (Å²) < 4.78 is 18.6. The molecule has 3 aliphatic heterocycles. The molecule has 5 rings (SSSR count). The van der Waals surface area contributed by atoms with Crippen LogP contribution in [0.2, 0.25) is 0 Å². The third-order valence-corrected chi connectivity index (χ3v) is 6.50. The number of hydrogen-bond donors (Lipinski definition) is 2. The molecule has 2 aromatic rings. The van der Waals surface area contributed by atoms with Gasteiger partial charge in [0.1, 0.15) is 34.7 Å². The van der Waals surface area contributed by atoms with Gasteiger partial charge in [0.05, 0.1) is 18.6 Å². The van der Waals surface area contributed by atoms with Gasteiger partial charge in [-0.05, 0) is 51.8 Å². The standard InChI is InChI=1S/C25H28O5/c1-13(2)5-6-14-9-16-21(11-19(14)26)28-12-18-15-7-8-20-17(23(15)29-24(16)18)10-22(27)25(3,4)30-20/h5,7-9,11,18,22,24,26-27H,6,10,12H2,1-4H3. The molecule has 0 saturated carbocycles. The minimum absolute atomic E-state index is 0.0747. The summed E-state index contributed by atoms with van der Waals surface area (Å²) in [6, 6.07) is 7.76. The van der Waals surface area contributed by atoms with Crippen molar-refractivity contribution >= 4 is 0 Å². The minimum atomic E-state index is -0.625. The fourth-order valence-corrected chi connectivity index (χ4v) is 4.61. The van der Waals surface area contributed by atoms with Gasteiger partial charge < -0.3 is 24.4 Å². The molecule has 3 aliphatic rings. The van der Waals surface area contributed by atoms with Crippen molar-refractivity contribution in [1.29, 1.82) is 0 Å². The monoisotopic (exact) mass is 408 g/mol. The molecule has 3 heterocycles. The maximum atomic E-state index is 10.6. The first kappa shape index (κ1) is 19.3. The minimum Gasteiger partial charge on any atom is -0.508 e. The number of aromatic hydroxyl groups is 1. The van der Waals surface area contributed by atoms with E-state index >= 15 is 0 Å². The second-order valence-electron chi connectivity index (χ2n) is 9.35. The summed E-state index contributed by atoms with van der Waals surface area (Å²) >= 11 is 0. The molecule has 30 heavy (non-hydrogen) atoms. The molecular weight excluding hydrogens is 380 g/mol. The van der Waals surface area contributed by atoms with Gasteiger partial charge in [0.15, 0.2) is 0 Å². The number of benzene rings is 2. The van der Waals surface area contributed by atoms with Crippen molar-refractivity contribution in [1.82, 2.24) is 0 Å². The highest BCUT2D eigenvalue weighted by Crippen LogP contribution is 2.55. The van der Waals surface area contributed by atoms with E-state index in [0.29, 0.717) is 25.2 Å². The van der Waals surface area contributed by atoms with Crippen molar-refractivity contribution in [3.05, 3.63) is 58.2 Å². The molecule has 3 atom stereocenters. The Morgan fingerprint density at radius 3 is 2.73 bits per heavy atom. The van der Waals surface area contributed by atoms with Crippen LogP contribution in [0.1, 0.15) is 62.0 Å². The van der Waals surface area contributed by atoms with Crippen molar-refractivity contribution in [3.63, 3.8) is 0 Å². The van der Waals surface area contributed by atoms with Crippen LogP contribution in [0.15, 0.2) is 35.9 Å². The summed E-state index contributed by atoms with van der Waals surface area (Å²) in [5.41, 5.74) is 4.43. The molecule has 5 heteroatoms. The van der Waals surface area contributed by atoms with Crippen LogP contribution in [0.3, 0.4) is 0 Å². The first-order valence-corrected chi connectivity index (χ1v) is 10.6. The zero-order valence-corrected chi connectivity index (χ0v) is 17.9. The second kappa shape index (κ2) is 6.67. The lowest BCUT2D eigenvalue weighted by molar-refractivity contribution is -0.0418. The average Bonchev–Trinajstić information content (AvgIpc) is 3.06. The van der Waals surface area contributed by atoms with Crippen molar-refractivity contribution in [2.24, 2.45) is 0 Å². The Labute approximate surface area is 176 Å². The van der Waals surface area contributed by atoms with Gasteiger partial charge in [-0.15, -0.1) is 0 Å². The van der Waals surface area contributed by atoms with E-state index in [2.05, 4.69) is 12.1 Å². The van der Waals surface area contributed by atoms with Gasteiger partial charge in [0.25, 0.3) is 0 Å². The summed E-state index contributed by atoms with van der Waals surface area (Å²) in [4.78, 5) is 0. The van der Waals surface area contributed by atoms with E-state index in [-0.39, 0.29) is 17.8 Å². The van der Waals surface area contributed by atoms with Crippen LogP contribution in [-0.2, 0) is 12.8 Å². The third kappa shape index (κ3) is 2.95. The summed E-state index contributed by atoms with van der Waals surface area (Å²) in [6.45, 7) is 8.39. The Hall–Kier alpha value is -2.66. The normalized spacial score (nSPS) is 24.9. The molecule has 0 spiro atoms. The largest absolute Gasteiger partial charge is 0.508 e. The molecule has 0 aliphatic carbocycles. The summed E-state index contributed by atoms with van der Waals surface area (Å²) in [5, 5.41) is 21.0. The van der Waals surface area contributed by atoms with E-state index in [1.807, 2.05) is 39.8 Å². The van der Waals surface area contributed by atoms with E-state index < -0.39 is 11.7 Å². The van der Waals surface area contributed by atoms with Gasteiger partial charge in [-0.3, -0.25) is 0 Å². The van der Waals surface area contributed by atoms with Gasteiger partial charge >= 0.3 is 0 Å². The number of fused-ring (bicyclic) bond motifs is 7. The number of rotatable bonds is 2. The predicted molar refractivity (Wildman–Crippen MR) is 114 cm³/mol. The number of allylic oxidation sites excluding steroid dienone is 2. The predicted octanol–water partition coefficient (Wildman–Crippen LogP) is 4.59. The van der Waals surface area contributed by atoms with Crippen LogP contribution in [0, 0.1) is 0 Å². The van der Waals surface area contributed by atoms with E-state index in [1.165, 1.54) is 5.57 Å². The van der Waals surface area contributed by atoms with Crippen LogP contribution in [-0.4, -0.2) is 28.5 Å². The van der Waals surface area contributed by atoms with E-state index in [4.69, 9.17) is 14.2 Å². The molecule has 0 amide bonds. The quantitative estimate of drug-likeness (QED) is 0.712. The summed E-state index contributed by atoms with van der Waals surface area (Å²) in [6.07, 6.45) is 2.49. The third-order valence-electron chi connectivity index (χ3n) is 6.50. The zero-order chi connectivity index (χ0) is 21.2. The maximum absolute atomic E-state index is 10.6. The van der Waals surface area contributed by atoms with Crippen LogP contribution in [0.5, 0.6) is 23.0 Å². The van der Waals surface area contributed by atoms with Crippen molar-refractivity contribution in [3.8, 4) is 23.0 Å². The fraction of sp³-hybridized carbons (Fsp3) is 0.440. The Morgan fingerprint density at radius 1 is 1.17 bits per heavy atom. The highest BCUT2D eigenvalue weighted by molar-refractivity contribution is 5.59. The van der Waals surface area contributed by atoms with Crippen LogP contribution < -0.4 is 14.2 Å². The van der Waals surface area contributed by atoms with Crippen LogP contribution in [0.25, 0.3) is 0 Å². The average molecular weight is 408 g/mol. The molecule has 2 aromatic carbocycles. The lowest BCUT2D eigenvalue weighted by Crippen LogP contribution is -2.46. The molecule has 3 unspecified atom stereocenters. The topological polar surface area (TPSA) is 68.2 Å². The molecule has 158 valence electrons. The summed E-state index contributed by atoms with van der Waals surface area (Å²) in [7, 11) is 0. The zero-order valence-electron chi connectivity index (χ0n) is 17.9. The smallest absolute Gasteiger partial charge is 0.138 e. The van der Waals surface area contributed by atoms with Crippen LogP contribution >= 0.6 is 0 Å². The molecule has 0 aromatic heterocycles. The fourth-order valence-electron chi connectivity index (χ4n) is 4.61. The Morgan fingerprint density at radius 2 is 1.97 bits per heavy atom. The van der Waals surface area contributed by atoms with E-state index in [1.54, 1.807) is 6.07 Å². The number of aliphatic hydroxyl groups is 1. The Balaban J connectivity index is 1.54. The van der Waals surface area contributed by atoms with Crippen molar-refractivity contribution in [2.45, 2.75) is 64.3 Å². The second-order valence-corrected chi connectivity index (χ2v) is 9.35. The lowest BCUT2D eigenvalue weighted by Gasteiger charge is -2.37. The first-order chi connectivity index (χ1) is 14.2. The summed E-state index contributed by atoms with van der Waals surface area (Å²) in [5.74, 6) is 2.59. The van der Waals surface area contributed by atoms with Crippen molar-refractivity contribution in [2.75, 3.05) is 6.61 Å². The van der Waals surface area contributed by atoms with Gasteiger partial charge in [-0.2, -0.15) is 0 Å². The first-order valence-electron chi connectivity index (χ1n) is 10.6. The van der Waals surface area contributed by atoms with Gasteiger partial charge in [-0.1, -0.05) is 17.7 Å². The Bertz CT molecular complexity index is 1050. The van der Waals surface area contributed by atoms with Gasteiger partial charge in [-0.25, -0.2) is 0 Å². The molecule has 0 fully saturated rings. The Kier molecular flexibility index (Phi) is 4.30. The van der Waals surface area contributed by atoms with Gasteiger partial charge in [0, 0.05) is 29.2 Å². The SMILES string of the molecule is CC(C)=CCc1cc2c(cc1O)OCC1c3ccc4c(c3OC21)CC(O)C(C)(C)O4. The number of phenols is 1. The number of aliphatic hydroxyl groups excluding tert-OH is 1. The number of ether oxygens (including phenoxy) is 3. The van der Waals surface area contributed by atoms with Crippen LogP contribution in [0.4, 0.5) is 0 Å². The number of phenolic OH excluding ortho intramolecular Hbond substituents is 1. The van der Waals surface area contributed by atoms with Gasteiger partial charge in [0.2, 0.25) is 0 Å². The molecule has 2 N–H and O–H groups in total. The molecular formula is C25H28O5. The molecule has 0 radical (unpaired) electrons. The molecule has 0 bridgehead atoms. The van der Waals surface area contributed by atoms with E-state index in [0.717, 1.165) is 33.8 Å². The highest BCUT2D eigenvalue weighted by atomic mass is 16.5. The highest BCUT2D eigenvalue weighted by Gasteiger charge is 2.45. The maximum Gasteiger partial charge on any atom is 0.138 e. The lowest BCUT2D eigenvalue weighted by atomic mass is 9.85.